The minimum Gasteiger partial charge on any atom is -0.368 e. The van der Waals surface area contributed by atoms with E-state index < -0.39 is 0 Å². The first-order chi connectivity index (χ1) is 8.97. The molecule has 7 nitrogen and oxygen atoms in total. The summed E-state index contributed by atoms with van der Waals surface area (Å²) in [5.74, 6) is 0.919. The average molecular weight is 281 g/mol. The standard InChI is InChI=1S/C11H13ClN6O/c1-17(2)11-15-8(14-10(13)16-11)6-18-7(12)4-3-5-9(18)19/h3-5H,6H2,1-2H3,(H2,13,14,15,16). The summed E-state index contributed by atoms with van der Waals surface area (Å²) in [6.45, 7) is 0.145. The van der Waals surface area contributed by atoms with E-state index in [1.165, 1.54) is 10.6 Å². The van der Waals surface area contributed by atoms with Crippen LogP contribution in [0, 0.1) is 0 Å². The van der Waals surface area contributed by atoms with Crippen LogP contribution < -0.4 is 16.2 Å². The lowest BCUT2D eigenvalue weighted by atomic mass is 10.4. The van der Waals surface area contributed by atoms with E-state index in [1.54, 1.807) is 31.1 Å². The Hall–Kier alpha value is -2.15. The van der Waals surface area contributed by atoms with Crippen LogP contribution in [-0.2, 0) is 6.54 Å². The zero-order valence-electron chi connectivity index (χ0n) is 10.5. The van der Waals surface area contributed by atoms with Crippen LogP contribution in [0.4, 0.5) is 11.9 Å². The maximum absolute atomic E-state index is 11.7. The van der Waals surface area contributed by atoms with Crippen molar-refractivity contribution < 1.29 is 0 Å². The average Bonchev–Trinajstić information content (AvgIpc) is 2.33. The first kappa shape index (κ1) is 13.3. The van der Waals surface area contributed by atoms with Gasteiger partial charge in [0.15, 0.2) is 5.82 Å². The molecule has 0 radical (unpaired) electrons. The van der Waals surface area contributed by atoms with Gasteiger partial charge in [0, 0.05) is 20.2 Å². The van der Waals surface area contributed by atoms with Gasteiger partial charge in [0.25, 0.3) is 5.56 Å². The highest BCUT2D eigenvalue weighted by molar-refractivity contribution is 6.29. The smallest absolute Gasteiger partial charge is 0.252 e. The SMILES string of the molecule is CN(C)c1nc(N)nc(Cn2c(Cl)cccc2=O)n1. The quantitative estimate of drug-likeness (QED) is 0.818. The van der Waals surface area contributed by atoms with Crippen LogP contribution in [-0.4, -0.2) is 33.6 Å². The molecule has 2 aromatic heterocycles. The van der Waals surface area contributed by atoms with Crippen LogP contribution in [0.25, 0.3) is 0 Å². The van der Waals surface area contributed by atoms with Crippen molar-refractivity contribution in [3.05, 3.63) is 39.5 Å². The maximum Gasteiger partial charge on any atom is 0.252 e. The number of hydrogen-bond acceptors (Lipinski definition) is 6. The lowest BCUT2D eigenvalue weighted by molar-refractivity contribution is 0.708. The normalized spacial score (nSPS) is 10.5. The van der Waals surface area contributed by atoms with E-state index in [0.717, 1.165) is 0 Å². The van der Waals surface area contributed by atoms with Gasteiger partial charge in [-0.1, -0.05) is 17.7 Å². The Balaban J connectivity index is 2.41. The highest BCUT2D eigenvalue weighted by Crippen LogP contribution is 2.09. The summed E-state index contributed by atoms with van der Waals surface area (Å²) < 4.78 is 1.36. The fourth-order valence-electron chi connectivity index (χ4n) is 1.49. The lowest BCUT2D eigenvalue weighted by Gasteiger charge is -2.12. The minimum atomic E-state index is -0.224. The van der Waals surface area contributed by atoms with Gasteiger partial charge in [-0.15, -0.1) is 0 Å². The number of nitrogens with two attached hydrogens (primary N) is 1. The van der Waals surface area contributed by atoms with Gasteiger partial charge < -0.3 is 10.6 Å². The van der Waals surface area contributed by atoms with Gasteiger partial charge in [0.2, 0.25) is 11.9 Å². The summed E-state index contributed by atoms with van der Waals surface area (Å²) in [7, 11) is 3.58. The number of rotatable bonds is 3. The number of halogens is 1. The molecule has 0 saturated carbocycles. The second-order valence-electron chi connectivity index (χ2n) is 4.08. The molecule has 0 aromatic carbocycles. The second-order valence-corrected chi connectivity index (χ2v) is 4.46. The number of nitrogens with zero attached hydrogens (tertiary/aromatic N) is 5. The Morgan fingerprint density at radius 3 is 2.68 bits per heavy atom. The molecule has 2 N–H and O–H groups in total. The Morgan fingerprint density at radius 2 is 2.05 bits per heavy atom. The molecule has 0 atom stereocenters. The Kier molecular flexibility index (Phi) is 3.66. The molecule has 2 rings (SSSR count). The maximum atomic E-state index is 11.7. The van der Waals surface area contributed by atoms with Gasteiger partial charge in [-0.25, -0.2) is 0 Å². The third-order valence-electron chi connectivity index (χ3n) is 2.38. The van der Waals surface area contributed by atoms with Gasteiger partial charge in [0.1, 0.15) is 5.15 Å². The molecule has 0 saturated heterocycles. The molecular formula is C11H13ClN6O. The fraction of sp³-hybridized carbons (Fsp3) is 0.273. The van der Waals surface area contributed by atoms with Crippen molar-refractivity contribution in [2.24, 2.45) is 0 Å². The molecule has 0 aliphatic heterocycles. The second kappa shape index (κ2) is 5.23. The Bertz CT molecular complexity index is 654. The molecular weight excluding hydrogens is 268 g/mol. The van der Waals surface area contributed by atoms with E-state index in [2.05, 4.69) is 15.0 Å². The zero-order valence-corrected chi connectivity index (χ0v) is 11.3. The summed E-state index contributed by atoms with van der Waals surface area (Å²) in [5.41, 5.74) is 5.39. The molecule has 0 unspecified atom stereocenters. The molecule has 0 aliphatic carbocycles. The van der Waals surface area contributed by atoms with Crippen LogP contribution in [0.2, 0.25) is 5.15 Å². The molecule has 100 valence electrons. The summed E-state index contributed by atoms with van der Waals surface area (Å²) in [4.78, 5) is 25.6. The molecule has 0 bridgehead atoms. The number of anilines is 2. The molecule has 2 aromatic rings. The van der Waals surface area contributed by atoms with Crippen LogP contribution in [0.3, 0.4) is 0 Å². The molecule has 0 aliphatic rings. The van der Waals surface area contributed by atoms with Gasteiger partial charge in [0.05, 0.1) is 6.54 Å². The number of aromatic nitrogens is 4. The predicted molar refractivity (Wildman–Crippen MR) is 73.4 cm³/mol. The van der Waals surface area contributed by atoms with Crippen LogP contribution in [0.1, 0.15) is 5.82 Å². The minimum absolute atomic E-state index is 0.105. The van der Waals surface area contributed by atoms with Crippen molar-refractivity contribution >= 4 is 23.5 Å². The van der Waals surface area contributed by atoms with Crippen molar-refractivity contribution in [1.29, 1.82) is 0 Å². The topological polar surface area (TPSA) is 89.9 Å². The monoisotopic (exact) mass is 280 g/mol. The van der Waals surface area contributed by atoms with E-state index in [-0.39, 0.29) is 18.1 Å². The van der Waals surface area contributed by atoms with Crippen molar-refractivity contribution in [1.82, 2.24) is 19.5 Å². The molecule has 8 heteroatoms. The summed E-state index contributed by atoms with van der Waals surface area (Å²) >= 11 is 5.97. The molecule has 2 heterocycles. The predicted octanol–water partition coefficient (Wildman–Crippen LogP) is 0.383. The molecule has 19 heavy (non-hydrogen) atoms. The summed E-state index contributed by atoms with van der Waals surface area (Å²) in [6, 6.07) is 4.64. The van der Waals surface area contributed by atoms with Gasteiger partial charge in [-0.3, -0.25) is 9.36 Å². The Labute approximate surface area is 114 Å². The van der Waals surface area contributed by atoms with Crippen LogP contribution in [0.5, 0.6) is 0 Å². The highest BCUT2D eigenvalue weighted by Gasteiger charge is 2.09. The zero-order chi connectivity index (χ0) is 14.0. The number of hydrogen-bond donors (Lipinski definition) is 1. The van der Waals surface area contributed by atoms with E-state index in [0.29, 0.717) is 16.9 Å². The van der Waals surface area contributed by atoms with Crippen LogP contribution >= 0.6 is 11.6 Å². The third kappa shape index (κ3) is 3.00. The van der Waals surface area contributed by atoms with Crippen molar-refractivity contribution in [3.8, 4) is 0 Å². The molecule has 0 spiro atoms. The third-order valence-corrected chi connectivity index (χ3v) is 2.71. The summed E-state index contributed by atoms with van der Waals surface area (Å²) in [5, 5.41) is 0.317. The number of nitrogen functional groups attached to an aromatic ring is 1. The van der Waals surface area contributed by atoms with Crippen LogP contribution in [0.15, 0.2) is 23.0 Å². The Morgan fingerprint density at radius 1 is 1.32 bits per heavy atom. The first-order valence-electron chi connectivity index (χ1n) is 5.50. The van der Waals surface area contributed by atoms with Gasteiger partial charge in [-0.2, -0.15) is 15.0 Å². The van der Waals surface area contributed by atoms with E-state index in [4.69, 9.17) is 17.3 Å². The van der Waals surface area contributed by atoms with E-state index >= 15 is 0 Å². The highest BCUT2D eigenvalue weighted by atomic mass is 35.5. The first-order valence-corrected chi connectivity index (χ1v) is 5.88. The van der Waals surface area contributed by atoms with Gasteiger partial charge in [-0.05, 0) is 6.07 Å². The largest absolute Gasteiger partial charge is 0.368 e. The summed E-state index contributed by atoms with van der Waals surface area (Å²) in [6.07, 6.45) is 0. The molecule has 0 fully saturated rings. The van der Waals surface area contributed by atoms with Crippen molar-refractivity contribution in [3.63, 3.8) is 0 Å². The van der Waals surface area contributed by atoms with E-state index in [1.807, 2.05) is 0 Å². The van der Waals surface area contributed by atoms with Crippen molar-refractivity contribution in [2.75, 3.05) is 24.7 Å². The van der Waals surface area contributed by atoms with E-state index in [9.17, 15) is 4.79 Å². The van der Waals surface area contributed by atoms with Gasteiger partial charge >= 0.3 is 0 Å². The lowest BCUT2D eigenvalue weighted by Crippen LogP contribution is -2.23. The fourth-order valence-corrected chi connectivity index (χ4v) is 1.70. The molecule has 0 amide bonds. The number of pyridine rings is 1. The van der Waals surface area contributed by atoms with Crippen molar-refractivity contribution in [2.45, 2.75) is 6.54 Å².